The van der Waals surface area contributed by atoms with E-state index in [1.807, 2.05) is 0 Å². The average molecular weight is 243 g/mol. The minimum absolute atomic E-state index is 0.000388. The van der Waals surface area contributed by atoms with Gasteiger partial charge in [0.2, 0.25) is 0 Å². The van der Waals surface area contributed by atoms with Crippen LogP contribution in [0.2, 0.25) is 0 Å². The maximum atomic E-state index is 12.7. The van der Waals surface area contributed by atoms with Gasteiger partial charge in [-0.3, -0.25) is 4.79 Å². The predicted octanol–water partition coefficient (Wildman–Crippen LogP) is 0.962. The molecule has 8 heteroatoms. The van der Waals surface area contributed by atoms with Crippen molar-refractivity contribution in [2.75, 3.05) is 6.54 Å². The van der Waals surface area contributed by atoms with E-state index in [0.717, 1.165) is 0 Å². The summed E-state index contributed by atoms with van der Waals surface area (Å²) in [5.41, 5.74) is 0. The number of hydrogen-bond acceptors (Lipinski definition) is 2. The number of aliphatic carboxylic acids is 1. The number of amides is 1. The first-order valence-corrected chi connectivity index (χ1v) is 4.48. The third-order valence-corrected chi connectivity index (χ3v) is 2.36. The highest BCUT2D eigenvalue weighted by Gasteiger charge is 2.53. The lowest BCUT2D eigenvalue weighted by molar-refractivity contribution is -0.183. The van der Waals surface area contributed by atoms with Crippen LogP contribution in [0.15, 0.2) is 0 Å². The van der Waals surface area contributed by atoms with E-state index in [9.17, 15) is 27.2 Å². The Kier molecular flexibility index (Phi) is 3.39. The Balaban J connectivity index is 2.85. The van der Waals surface area contributed by atoms with Crippen molar-refractivity contribution in [2.45, 2.75) is 31.2 Å². The molecule has 0 bridgehead atoms. The highest BCUT2D eigenvalue weighted by Crippen LogP contribution is 2.29. The van der Waals surface area contributed by atoms with Crippen molar-refractivity contribution in [3.8, 4) is 0 Å². The summed E-state index contributed by atoms with van der Waals surface area (Å²) < 4.78 is 49.2. The molecule has 1 N–H and O–H groups in total. The van der Waals surface area contributed by atoms with Crippen LogP contribution >= 0.6 is 0 Å². The molecule has 1 aliphatic heterocycles. The molecule has 1 fully saturated rings. The van der Waals surface area contributed by atoms with E-state index in [4.69, 9.17) is 5.11 Å². The van der Waals surface area contributed by atoms with Crippen molar-refractivity contribution in [1.82, 2.24) is 4.90 Å². The minimum atomic E-state index is -4.82. The average Bonchev–Trinajstić information content (AvgIpc) is 2.64. The fourth-order valence-corrected chi connectivity index (χ4v) is 1.55. The molecule has 0 saturated carbocycles. The maximum absolute atomic E-state index is 12.7. The summed E-state index contributed by atoms with van der Waals surface area (Å²) >= 11 is 0. The fourth-order valence-electron chi connectivity index (χ4n) is 1.55. The summed E-state index contributed by atoms with van der Waals surface area (Å²) in [5, 5.41) is 8.61. The van der Waals surface area contributed by atoms with E-state index >= 15 is 0 Å². The fraction of sp³-hybridized carbons (Fsp3) is 0.750. The van der Waals surface area contributed by atoms with E-state index < -0.39 is 30.3 Å². The van der Waals surface area contributed by atoms with Crippen LogP contribution in [0.25, 0.3) is 0 Å². The summed E-state index contributed by atoms with van der Waals surface area (Å²) in [6.45, 7) is -0.238. The van der Waals surface area contributed by atoms with Gasteiger partial charge in [0.1, 0.15) is 6.04 Å². The third kappa shape index (κ3) is 2.10. The molecular weight excluding hydrogens is 234 g/mol. The molecule has 0 radical (unpaired) electrons. The first-order chi connectivity index (χ1) is 7.28. The molecule has 1 rings (SSSR count). The molecule has 4 nitrogen and oxygen atoms in total. The molecule has 1 amide bonds. The lowest BCUT2D eigenvalue weighted by Gasteiger charge is -2.25. The Morgan fingerprint density at radius 3 is 2.38 bits per heavy atom. The van der Waals surface area contributed by atoms with Gasteiger partial charge in [0.15, 0.2) is 0 Å². The van der Waals surface area contributed by atoms with E-state index in [1.165, 1.54) is 0 Å². The van der Waals surface area contributed by atoms with Gasteiger partial charge in [0, 0.05) is 6.54 Å². The number of carbonyl (C=O) groups excluding carboxylic acids is 1. The number of hydrogen-bond donors (Lipinski definition) is 1. The largest absolute Gasteiger partial charge is 0.480 e. The molecule has 1 aliphatic rings. The van der Waals surface area contributed by atoms with Crippen LogP contribution in [0.1, 0.15) is 12.8 Å². The van der Waals surface area contributed by atoms with Gasteiger partial charge in [-0.2, -0.15) is 8.78 Å². The van der Waals surface area contributed by atoms with Crippen LogP contribution in [-0.4, -0.2) is 46.8 Å². The quantitative estimate of drug-likeness (QED) is 0.751. The second kappa shape index (κ2) is 4.26. The van der Waals surface area contributed by atoms with Crippen LogP contribution in [0.3, 0.4) is 0 Å². The van der Waals surface area contributed by atoms with Crippen molar-refractivity contribution in [3.63, 3.8) is 0 Å². The molecule has 1 saturated heterocycles. The smallest absolute Gasteiger partial charge is 0.383 e. The third-order valence-electron chi connectivity index (χ3n) is 2.36. The van der Waals surface area contributed by atoms with Crippen LogP contribution < -0.4 is 0 Å². The van der Waals surface area contributed by atoms with Crippen molar-refractivity contribution in [2.24, 2.45) is 0 Å². The van der Waals surface area contributed by atoms with Crippen molar-refractivity contribution in [3.05, 3.63) is 0 Å². The normalized spacial score (nSPS) is 21.6. The summed E-state index contributed by atoms with van der Waals surface area (Å²) in [6, 6.07) is -1.43. The van der Waals surface area contributed by atoms with Gasteiger partial charge in [-0.1, -0.05) is 0 Å². The van der Waals surface area contributed by atoms with E-state index in [0.29, 0.717) is 4.90 Å². The molecule has 0 spiro atoms. The Labute approximate surface area is 87.8 Å². The number of nitrogens with zero attached hydrogens (tertiary/aromatic N) is 1. The van der Waals surface area contributed by atoms with Crippen molar-refractivity contribution < 1.29 is 32.3 Å². The van der Waals surface area contributed by atoms with E-state index in [2.05, 4.69) is 0 Å². The van der Waals surface area contributed by atoms with Gasteiger partial charge < -0.3 is 10.0 Å². The number of alkyl halides is 4. The van der Waals surface area contributed by atoms with Crippen LogP contribution in [0.5, 0.6) is 0 Å². The van der Waals surface area contributed by atoms with Gasteiger partial charge in [-0.25, -0.2) is 13.6 Å². The molecule has 1 atom stereocenters. The Morgan fingerprint density at radius 2 is 1.94 bits per heavy atom. The minimum Gasteiger partial charge on any atom is -0.480 e. The molecule has 0 aromatic heterocycles. The van der Waals surface area contributed by atoms with Crippen LogP contribution in [0, 0.1) is 0 Å². The standard InChI is InChI=1S/C8H9F4NO3/c9-6(10)8(11,12)7(16)13-3-1-2-4(13)5(14)15/h4,6H,1-3H2,(H,14,15)/t4-/m1/s1. The lowest BCUT2D eigenvalue weighted by Crippen LogP contribution is -2.51. The number of carbonyl (C=O) groups is 2. The van der Waals surface area contributed by atoms with E-state index in [-0.39, 0.29) is 19.4 Å². The predicted molar refractivity (Wildman–Crippen MR) is 43.3 cm³/mol. The van der Waals surface area contributed by atoms with Crippen molar-refractivity contribution in [1.29, 1.82) is 0 Å². The topological polar surface area (TPSA) is 57.6 Å². The molecule has 16 heavy (non-hydrogen) atoms. The number of likely N-dealkylation sites (tertiary alicyclic amines) is 1. The van der Waals surface area contributed by atoms with Gasteiger partial charge in [-0.05, 0) is 12.8 Å². The lowest BCUT2D eigenvalue weighted by atomic mass is 10.2. The van der Waals surface area contributed by atoms with Gasteiger partial charge in [0.25, 0.3) is 5.91 Å². The highest BCUT2D eigenvalue weighted by atomic mass is 19.3. The van der Waals surface area contributed by atoms with Gasteiger partial charge in [0.05, 0.1) is 0 Å². The van der Waals surface area contributed by atoms with Gasteiger partial charge in [-0.15, -0.1) is 0 Å². The molecule has 0 aliphatic carbocycles. The Hall–Kier alpha value is -1.34. The Morgan fingerprint density at radius 1 is 1.38 bits per heavy atom. The zero-order chi connectivity index (χ0) is 12.5. The molecule has 1 heterocycles. The second-order valence-corrected chi connectivity index (χ2v) is 3.42. The molecule has 0 unspecified atom stereocenters. The molecule has 0 aromatic carbocycles. The summed E-state index contributed by atoms with van der Waals surface area (Å²) in [4.78, 5) is 21.9. The summed E-state index contributed by atoms with van der Waals surface area (Å²) in [7, 11) is 0. The second-order valence-electron chi connectivity index (χ2n) is 3.42. The molecule has 0 aromatic rings. The summed E-state index contributed by atoms with van der Waals surface area (Å²) in [5.74, 6) is -8.40. The monoisotopic (exact) mass is 243 g/mol. The Bertz CT molecular complexity index is 308. The zero-order valence-electron chi connectivity index (χ0n) is 8.00. The number of carboxylic acid groups (broad SMARTS) is 1. The van der Waals surface area contributed by atoms with E-state index in [1.54, 1.807) is 0 Å². The summed E-state index contributed by atoms with van der Waals surface area (Å²) in [6.07, 6.45) is -3.92. The zero-order valence-corrected chi connectivity index (χ0v) is 8.00. The van der Waals surface area contributed by atoms with Crippen LogP contribution in [0.4, 0.5) is 17.6 Å². The number of halogens is 4. The molecule has 92 valence electrons. The SMILES string of the molecule is O=C(O)[C@H]1CCCN1C(=O)C(F)(F)C(F)F. The van der Waals surface area contributed by atoms with Crippen LogP contribution in [-0.2, 0) is 9.59 Å². The maximum Gasteiger partial charge on any atom is 0.383 e. The highest BCUT2D eigenvalue weighted by molar-refractivity contribution is 5.89. The molecular formula is C8H9F4NO3. The van der Waals surface area contributed by atoms with Gasteiger partial charge >= 0.3 is 18.3 Å². The first-order valence-electron chi connectivity index (χ1n) is 4.48. The number of carboxylic acids is 1. The number of rotatable bonds is 3. The van der Waals surface area contributed by atoms with Crippen molar-refractivity contribution >= 4 is 11.9 Å². The first kappa shape index (κ1) is 12.7.